The number of rotatable bonds is 6. The van der Waals surface area contributed by atoms with Gasteiger partial charge in [0, 0.05) is 22.0 Å². The Morgan fingerprint density at radius 1 is 0.963 bits per heavy atom. The van der Waals surface area contributed by atoms with Crippen LogP contribution in [0.25, 0.3) is 6.08 Å². The summed E-state index contributed by atoms with van der Waals surface area (Å²) in [5.74, 6) is -0.723. The molecule has 0 radical (unpaired) electrons. The van der Waals surface area contributed by atoms with Crippen molar-refractivity contribution in [2.24, 2.45) is 0 Å². The van der Waals surface area contributed by atoms with E-state index in [9.17, 15) is 9.59 Å². The fourth-order valence-electron chi connectivity index (χ4n) is 2.34. The van der Waals surface area contributed by atoms with Gasteiger partial charge in [-0.2, -0.15) is 0 Å². The topological polar surface area (TPSA) is 58.2 Å². The fraction of sp³-hybridized carbons (Fsp3) is 0.0476. The predicted molar refractivity (Wildman–Crippen MR) is 110 cm³/mol. The van der Waals surface area contributed by atoms with Crippen LogP contribution in [0.5, 0.6) is 0 Å². The lowest BCUT2D eigenvalue weighted by molar-refractivity contribution is -0.117. The first kappa shape index (κ1) is 18.9. The third kappa shape index (κ3) is 5.54. The Balaban J connectivity index is 1.75. The van der Waals surface area contributed by atoms with Crippen LogP contribution in [0.1, 0.15) is 20.8 Å². The van der Waals surface area contributed by atoms with Gasteiger partial charge in [0.15, 0.2) is 0 Å². The van der Waals surface area contributed by atoms with Crippen molar-refractivity contribution in [1.29, 1.82) is 0 Å². The first-order valence-corrected chi connectivity index (χ1v) is 9.52. The van der Waals surface area contributed by atoms with Gasteiger partial charge in [0.25, 0.3) is 11.8 Å². The summed E-state index contributed by atoms with van der Waals surface area (Å²) in [5.41, 5.74) is 1.59. The summed E-state index contributed by atoms with van der Waals surface area (Å²) in [6.07, 6.45) is 1.67. The van der Waals surface area contributed by atoms with Crippen LogP contribution < -0.4 is 10.6 Å². The number of carbonyl (C=O) groups excluding carboxylic acids is 2. The molecule has 0 saturated carbocycles. The minimum atomic E-state index is -0.371. The van der Waals surface area contributed by atoms with Crippen LogP contribution in [0.15, 0.2) is 77.8 Å². The first-order chi connectivity index (χ1) is 13.1. The van der Waals surface area contributed by atoms with Crippen LogP contribution in [0.4, 0.5) is 0 Å². The molecular formula is C21H17ClN2O2S. The van der Waals surface area contributed by atoms with Gasteiger partial charge in [-0.3, -0.25) is 9.59 Å². The molecule has 1 heterocycles. The Morgan fingerprint density at radius 2 is 1.70 bits per heavy atom. The Labute approximate surface area is 166 Å². The zero-order valence-electron chi connectivity index (χ0n) is 14.3. The minimum Gasteiger partial charge on any atom is -0.347 e. The summed E-state index contributed by atoms with van der Waals surface area (Å²) in [6.45, 7) is 0.373. The standard InChI is InChI=1S/C21H17ClN2O2S/c22-17-10-8-16(9-11-17)20(25)24-19(13-18-7-4-12-27-18)21(26)23-14-15-5-2-1-3-6-15/h1-13H,14H2,(H,23,26)(H,24,25)/b19-13-. The SMILES string of the molecule is O=C(NCc1ccccc1)/C(=C/c1cccs1)NC(=O)c1ccc(Cl)cc1. The molecule has 2 amide bonds. The highest BCUT2D eigenvalue weighted by molar-refractivity contribution is 7.10. The van der Waals surface area contributed by atoms with E-state index >= 15 is 0 Å². The second-order valence-electron chi connectivity index (χ2n) is 5.70. The minimum absolute atomic E-state index is 0.188. The lowest BCUT2D eigenvalue weighted by Gasteiger charge is -2.11. The maximum atomic E-state index is 12.7. The van der Waals surface area contributed by atoms with Gasteiger partial charge in [0.2, 0.25) is 0 Å². The van der Waals surface area contributed by atoms with Gasteiger partial charge < -0.3 is 10.6 Å². The molecule has 0 aliphatic carbocycles. The molecule has 0 atom stereocenters. The molecule has 27 heavy (non-hydrogen) atoms. The van der Waals surface area contributed by atoms with Crippen molar-refractivity contribution in [3.63, 3.8) is 0 Å². The molecule has 0 bridgehead atoms. The van der Waals surface area contributed by atoms with E-state index in [-0.39, 0.29) is 17.5 Å². The van der Waals surface area contributed by atoms with Crippen molar-refractivity contribution in [2.45, 2.75) is 6.54 Å². The van der Waals surface area contributed by atoms with Crippen LogP contribution in [-0.4, -0.2) is 11.8 Å². The van der Waals surface area contributed by atoms with E-state index in [1.165, 1.54) is 11.3 Å². The highest BCUT2D eigenvalue weighted by Crippen LogP contribution is 2.14. The molecule has 136 valence electrons. The van der Waals surface area contributed by atoms with Crippen molar-refractivity contribution in [3.8, 4) is 0 Å². The molecule has 3 rings (SSSR count). The molecule has 0 unspecified atom stereocenters. The molecular weight excluding hydrogens is 380 g/mol. The largest absolute Gasteiger partial charge is 0.347 e. The van der Waals surface area contributed by atoms with Gasteiger partial charge in [-0.15, -0.1) is 11.3 Å². The van der Waals surface area contributed by atoms with E-state index in [1.54, 1.807) is 30.3 Å². The number of amides is 2. The zero-order valence-corrected chi connectivity index (χ0v) is 15.9. The first-order valence-electron chi connectivity index (χ1n) is 8.26. The van der Waals surface area contributed by atoms with Crippen LogP contribution in [0, 0.1) is 0 Å². The van der Waals surface area contributed by atoms with E-state index in [0.717, 1.165) is 10.4 Å². The second kappa shape index (κ2) is 9.16. The van der Waals surface area contributed by atoms with Crippen LogP contribution >= 0.6 is 22.9 Å². The number of thiophene rings is 1. The third-order valence-corrected chi connectivity index (χ3v) is 4.80. The molecule has 1 aromatic heterocycles. The van der Waals surface area contributed by atoms with Crippen LogP contribution in [-0.2, 0) is 11.3 Å². The normalized spacial score (nSPS) is 11.1. The van der Waals surface area contributed by atoms with Gasteiger partial charge in [-0.25, -0.2) is 0 Å². The Kier molecular flexibility index (Phi) is 6.41. The van der Waals surface area contributed by atoms with Gasteiger partial charge in [-0.1, -0.05) is 48.0 Å². The number of hydrogen-bond donors (Lipinski definition) is 2. The van der Waals surface area contributed by atoms with Crippen LogP contribution in [0.3, 0.4) is 0 Å². The zero-order chi connectivity index (χ0) is 19.1. The summed E-state index contributed by atoms with van der Waals surface area (Å²) in [7, 11) is 0. The number of benzene rings is 2. The lowest BCUT2D eigenvalue weighted by atomic mass is 10.2. The summed E-state index contributed by atoms with van der Waals surface area (Å²) < 4.78 is 0. The van der Waals surface area contributed by atoms with Gasteiger partial charge in [-0.05, 0) is 47.4 Å². The molecule has 0 fully saturated rings. The Hall–Kier alpha value is -2.89. The van der Waals surface area contributed by atoms with Gasteiger partial charge >= 0.3 is 0 Å². The lowest BCUT2D eigenvalue weighted by Crippen LogP contribution is -2.34. The molecule has 0 saturated heterocycles. The average Bonchev–Trinajstić information content (AvgIpc) is 3.20. The van der Waals surface area contributed by atoms with E-state index < -0.39 is 0 Å². The van der Waals surface area contributed by atoms with Crippen molar-refractivity contribution in [1.82, 2.24) is 10.6 Å². The summed E-state index contributed by atoms with van der Waals surface area (Å²) in [5, 5.41) is 7.99. The highest BCUT2D eigenvalue weighted by Gasteiger charge is 2.15. The number of carbonyl (C=O) groups is 2. The second-order valence-corrected chi connectivity index (χ2v) is 7.12. The molecule has 6 heteroatoms. The van der Waals surface area contributed by atoms with Crippen molar-refractivity contribution in [2.75, 3.05) is 0 Å². The fourth-order valence-corrected chi connectivity index (χ4v) is 3.13. The van der Waals surface area contributed by atoms with Crippen molar-refractivity contribution in [3.05, 3.63) is 98.8 Å². The summed E-state index contributed by atoms with van der Waals surface area (Å²) >= 11 is 7.34. The summed E-state index contributed by atoms with van der Waals surface area (Å²) in [4.78, 5) is 26.0. The number of halogens is 1. The van der Waals surface area contributed by atoms with Crippen molar-refractivity contribution < 1.29 is 9.59 Å². The summed E-state index contributed by atoms with van der Waals surface area (Å²) in [6, 6.07) is 19.8. The van der Waals surface area contributed by atoms with E-state index in [2.05, 4.69) is 10.6 Å². The molecule has 2 N–H and O–H groups in total. The molecule has 0 spiro atoms. The Bertz CT molecular complexity index is 936. The number of nitrogens with one attached hydrogen (secondary N) is 2. The van der Waals surface area contributed by atoms with Gasteiger partial charge in [0.05, 0.1) is 0 Å². The molecule has 4 nitrogen and oxygen atoms in total. The van der Waals surface area contributed by atoms with E-state index in [0.29, 0.717) is 17.1 Å². The van der Waals surface area contributed by atoms with E-state index in [4.69, 9.17) is 11.6 Å². The van der Waals surface area contributed by atoms with E-state index in [1.807, 2.05) is 47.8 Å². The monoisotopic (exact) mass is 396 g/mol. The predicted octanol–water partition coefficient (Wildman–Crippen LogP) is 4.49. The number of hydrogen-bond acceptors (Lipinski definition) is 3. The smallest absolute Gasteiger partial charge is 0.268 e. The third-order valence-electron chi connectivity index (χ3n) is 3.72. The quantitative estimate of drug-likeness (QED) is 0.603. The van der Waals surface area contributed by atoms with Crippen molar-refractivity contribution >= 4 is 40.8 Å². The van der Waals surface area contributed by atoms with Gasteiger partial charge in [0.1, 0.15) is 5.70 Å². The molecule has 0 aliphatic heterocycles. The molecule has 0 aliphatic rings. The Morgan fingerprint density at radius 3 is 2.37 bits per heavy atom. The average molecular weight is 397 g/mol. The highest BCUT2D eigenvalue weighted by atomic mass is 35.5. The molecule has 2 aromatic carbocycles. The van der Waals surface area contributed by atoms with Crippen LogP contribution in [0.2, 0.25) is 5.02 Å². The maximum absolute atomic E-state index is 12.7. The molecule has 3 aromatic rings. The maximum Gasteiger partial charge on any atom is 0.268 e.